The Morgan fingerprint density at radius 2 is 1.88 bits per heavy atom. The smallest absolute Gasteiger partial charge is 0.332 e. The van der Waals surface area contributed by atoms with Gasteiger partial charge in [0, 0.05) is 14.1 Å². The summed E-state index contributed by atoms with van der Waals surface area (Å²) in [6.45, 7) is 0.200. The van der Waals surface area contributed by atoms with Crippen LogP contribution in [0.1, 0.15) is 5.56 Å². The summed E-state index contributed by atoms with van der Waals surface area (Å²) in [5, 5.41) is 2.89. The van der Waals surface area contributed by atoms with Crippen molar-refractivity contribution in [2.45, 2.75) is 6.61 Å². The fraction of sp³-hybridized carbons (Fsp3) is 0.222. The number of nitrogens with zero attached hydrogens (tertiary/aromatic N) is 3. The van der Waals surface area contributed by atoms with Gasteiger partial charge < -0.3 is 10.1 Å². The second-order valence-electron chi connectivity index (χ2n) is 5.83. The second-order valence-corrected chi connectivity index (χ2v) is 5.83. The molecule has 0 radical (unpaired) electrons. The molecule has 8 heteroatoms. The summed E-state index contributed by atoms with van der Waals surface area (Å²) in [6.07, 6.45) is 1.40. The Morgan fingerprint density at radius 3 is 2.62 bits per heavy atom. The van der Waals surface area contributed by atoms with Gasteiger partial charge >= 0.3 is 5.69 Å². The van der Waals surface area contributed by atoms with E-state index in [0.717, 1.165) is 10.1 Å². The maximum Gasteiger partial charge on any atom is 0.332 e. The zero-order valence-corrected chi connectivity index (χ0v) is 14.4. The van der Waals surface area contributed by atoms with Crippen molar-refractivity contribution in [3.63, 3.8) is 0 Å². The minimum Gasteiger partial charge on any atom is -0.367 e. The lowest BCUT2D eigenvalue weighted by molar-refractivity contribution is -0.121. The van der Waals surface area contributed by atoms with Crippen molar-refractivity contribution in [1.29, 1.82) is 0 Å². The molecule has 0 aliphatic heterocycles. The zero-order valence-electron chi connectivity index (χ0n) is 14.4. The van der Waals surface area contributed by atoms with Crippen LogP contribution in [0.4, 0.5) is 5.69 Å². The van der Waals surface area contributed by atoms with E-state index in [1.807, 2.05) is 30.3 Å². The van der Waals surface area contributed by atoms with E-state index in [0.29, 0.717) is 12.3 Å². The van der Waals surface area contributed by atoms with Crippen LogP contribution in [0.15, 0.2) is 52.2 Å². The number of carbonyl (C=O) groups excluding carboxylic acids is 1. The average molecular weight is 354 g/mol. The SMILES string of the molecule is Cn1c(=O)c2cc(NC(=O)COCc3ccccc3)cnc2n(C)c1=O. The van der Waals surface area contributed by atoms with Gasteiger partial charge in [-0.15, -0.1) is 0 Å². The number of hydrogen-bond donors (Lipinski definition) is 1. The Hall–Kier alpha value is -3.26. The Bertz CT molecular complexity index is 1070. The molecule has 0 saturated heterocycles. The third-order valence-corrected chi connectivity index (χ3v) is 3.92. The third-order valence-electron chi connectivity index (χ3n) is 3.92. The van der Waals surface area contributed by atoms with E-state index in [-0.39, 0.29) is 23.5 Å². The number of anilines is 1. The van der Waals surface area contributed by atoms with Crippen molar-refractivity contribution in [3.05, 3.63) is 69.0 Å². The molecule has 3 aromatic rings. The quantitative estimate of drug-likeness (QED) is 0.731. The largest absolute Gasteiger partial charge is 0.367 e. The summed E-state index contributed by atoms with van der Waals surface area (Å²) in [4.78, 5) is 40.3. The molecule has 3 rings (SSSR count). The molecule has 0 atom stereocenters. The van der Waals surface area contributed by atoms with Crippen LogP contribution in [0.2, 0.25) is 0 Å². The first kappa shape index (κ1) is 17.6. The number of rotatable bonds is 5. The van der Waals surface area contributed by atoms with Crippen LogP contribution in [0.3, 0.4) is 0 Å². The lowest BCUT2D eigenvalue weighted by atomic mass is 10.2. The van der Waals surface area contributed by atoms with E-state index < -0.39 is 11.2 Å². The number of pyridine rings is 1. The molecule has 0 fully saturated rings. The molecule has 2 aromatic heterocycles. The van der Waals surface area contributed by atoms with E-state index >= 15 is 0 Å². The molecule has 0 aliphatic carbocycles. The summed E-state index contributed by atoms with van der Waals surface area (Å²) in [5.41, 5.74) is 0.670. The fourth-order valence-corrected chi connectivity index (χ4v) is 2.57. The Kier molecular flexibility index (Phi) is 4.94. The number of fused-ring (bicyclic) bond motifs is 1. The highest BCUT2D eigenvalue weighted by Crippen LogP contribution is 2.12. The Labute approximate surface area is 148 Å². The second kappa shape index (κ2) is 7.32. The van der Waals surface area contributed by atoms with Gasteiger partial charge in [-0.3, -0.25) is 18.7 Å². The molecule has 2 heterocycles. The van der Waals surface area contributed by atoms with Crippen LogP contribution in [0.5, 0.6) is 0 Å². The number of aryl methyl sites for hydroxylation is 1. The lowest BCUT2D eigenvalue weighted by Gasteiger charge is -2.09. The Balaban J connectivity index is 1.72. The van der Waals surface area contributed by atoms with Crippen LogP contribution < -0.4 is 16.6 Å². The van der Waals surface area contributed by atoms with Crippen molar-refractivity contribution < 1.29 is 9.53 Å². The lowest BCUT2D eigenvalue weighted by Crippen LogP contribution is -2.37. The first-order valence-electron chi connectivity index (χ1n) is 7.94. The summed E-state index contributed by atoms with van der Waals surface area (Å²) in [5.74, 6) is -0.358. The van der Waals surface area contributed by atoms with E-state index in [9.17, 15) is 14.4 Å². The monoisotopic (exact) mass is 354 g/mol. The third kappa shape index (κ3) is 3.55. The first-order chi connectivity index (χ1) is 12.5. The molecule has 26 heavy (non-hydrogen) atoms. The van der Waals surface area contributed by atoms with Crippen molar-refractivity contribution in [2.75, 3.05) is 11.9 Å². The number of amides is 1. The topological polar surface area (TPSA) is 95.2 Å². The number of aromatic nitrogens is 3. The maximum atomic E-state index is 12.2. The van der Waals surface area contributed by atoms with Gasteiger partial charge in [-0.05, 0) is 11.6 Å². The van der Waals surface area contributed by atoms with E-state index in [2.05, 4.69) is 10.3 Å². The number of benzene rings is 1. The van der Waals surface area contributed by atoms with Gasteiger partial charge in [0.2, 0.25) is 5.91 Å². The van der Waals surface area contributed by atoms with Crippen molar-refractivity contribution in [1.82, 2.24) is 14.1 Å². The van der Waals surface area contributed by atoms with Crippen LogP contribution in [-0.2, 0) is 30.2 Å². The predicted molar refractivity (Wildman–Crippen MR) is 97.0 cm³/mol. The van der Waals surface area contributed by atoms with E-state index in [1.54, 1.807) is 0 Å². The van der Waals surface area contributed by atoms with Gasteiger partial charge in [0.05, 0.1) is 23.9 Å². The van der Waals surface area contributed by atoms with Crippen LogP contribution in [-0.4, -0.2) is 26.6 Å². The van der Waals surface area contributed by atoms with Gasteiger partial charge in [0.15, 0.2) is 0 Å². The van der Waals surface area contributed by atoms with Gasteiger partial charge in [-0.25, -0.2) is 9.78 Å². The molecule has 1 N–H and O–H groups in total. The molecule has 0 saturated carbocycles. The maximum absolute atomic E-state index is 12.2. The van der Waals surface area contributed by atoms with Gasteiger partial charge in [0.25, 0.3) is 5.56 Å². The molecule has 1 amide bonds. The van der Waals surface area contributed by atoms with Crippen molar-refractivity contribution >= 4 is 22.6 Å². The zero-order chi connectivity index (χ0) is 18.7. The molecular weight excluding hydrogens is 336 g/mol. The number of nitrogens with one attached hydrogen (secondary N) is 1. The standard InChI is InChI=1S/C18H18N4O4/c1-21-16-14(17(24)22(2)18(21)25)8-13(9-19-16)20-15(23)11-26-10-12-6-4-3-5-7-12/h3-9H,10-11H2,1-2H3,(H,20,23). The van der Waals surface area contributed by atoms with Crippen LogP contribution in [0, 0.1) is 0 Å². The molecule has 0 bridgehead atoms. The summed E-state index contributed by atoms with van der Waals surface area (Å²) in [6, 6.07) is 11.0. The number of hydrogen-bond acceptors (Lipinski definition) is 5. The highest BCUT2D eigenvalue weighted by molar-refractivity contribution is 5.93. The molecule has 8 nitrogen and oxygen atoms in total. The molecule has 134 valence electrons. The van der Waals surface area contributed by atoms with E-state index in [1.165, 1.54) is 30.9 Å². The van der Waals surface area contributed by atoms with Crippen LogP contribution >= 0.6 is 0 Å². The minimum atomic E-state index is -0.466. The Morgan fingerprint density at radius 1 is 1.15 bits per heavy atom. The van der Waals surface area contributed by atoms with Gasteiger partial charge in [-0.2, -0.15) is 0 Å². The highest BCUT2D eigenvalue weighted by Gasteiger charge is 2.11. The molecule has 0 spiro atoms. The first-order valence-corrected chi connectivity index (χ1v) is 7.94. The highest BCUT2D eigenvalue weighted by atomic mass is 16.5. The molecule has 1 aromatic carbocycles. The fourth-order valence-electron chi connectivity index (χ4n) is 2.57. The molecule has 0 aliphatic rings. The summed E-state index contributed by atoms with van der Waals surface area (Å²) in [7, 11) is 2.93. The predicted octanol–water partition coefficient (Wildman–Crippen LogP) is 0.787. The minimum absolute atomic E-state index is 0.127. The summed E-state index contributed by atoms with van der Waals surface area (Å²) < 4.78 is 7.66. The number of carbonyl (C=O) groups is 1. The van der Waals surface area contributed by atoms with Crippen molar-refractivity contribution in [2.24, 2.45) is 14.1 Å². The normalized spacial score (nSPS) is 10.8. The average Bonchev–Trinajstić information content (AvgIpc) is 2.65. The molecule has 0 unspecified atom stereocenters. The van der Waals surface area contributed by atoms with Crippen molar-refractivity contribution in [3.8, 4) is 0 Å². The summed E-state index contributed by atoms with van der Waals surface area (Å²) >= 11 is 0. The molecular formula is C18H18N4O4. The van der Waals surface area contributed by atoms with Gasteiger partial charge in [-0.1, -0.05) is 30.3 Å². The van der Waals surface area contributed by atoms with E-state index in [4.69, 9.17) is 4.74 Å². The van der Waals surface area contributed by atoms with Gasteiger partial charge in [0.1, 0.15) is 12.3 Å². The van der Waals surface area contributed by atoms with Crippen LogP contribution in [0.25, 0.3) is 11.0 Å². The number of ether oxygens (including phenoxy) is 1.